The second-order valence-electron chi connectivity index (χ2n) is 6.30. The molecule has 1 aliphatic rings. The van der Waals surface area contributed by atoms with E-state index >= 15 is 0 Å². The first-order valence-electron chi connectivity index (χ1n) is 8.71. The molecule has 2 heterocycles. The Morgan fingerprint density at radius 2 is 1.86 bits per heavy atom. The smallest absolute Gasteiger partial charge is 0.387 e. The highest BCUT2D eigenvalue weighted by molar-refractivity contribution is 7.89. The van der Waals surface area contributed by atoms with Crippen molar-refractivity contribution >= 4 is 15.8 Å². The number of nitrogens with one attached hydrogen (secondary N) is 1. The normalized spacial score (nSPS) is 15.6. The molecule has 0 atom stereocenters. The molecule has 1 aromatic heterocycles. The van der Waals surface area contributed by atoms with E-state index in [9.17, 15) is 17.2 Å². The van der Waals surface area contributed by atoms with Crippen LogP contribution in [0.15, 0.2) is 47.5 Å². The molecule has 1 saturated heterocycles. The van der Waals surface area contributed by atoms with E-state index < -0.39 is 16.6 Å². The van der Waals surface area contributed by atoms with Crippen LogP contribution in [0.4, 0.5) is 14.6 Å². The highest BCUT2D eigenvalue weighted by Crippen LogP contribution is 2.19. The Hall–Kier alpha value is -2.30. The molecule has 0 amide bonds. The Balaban J connectivity index is 1.65. The van der Waals surface area contributed by atoms with Crippen molar-refractivity contribution in [3.05, 3.63) is 48.2 Å². The molecule has 0 saturated carbocycles. The van der Waals surface area contributed by atoms with Crippen molar-refractivity contribution in [1.82, 2.24) is 4.31 Å². The number of H-pyrrole nitrogens is 1. The van der Waals surface area contributed by atoms with E-state index in [0.29, 0.717) is 38.7 Å². The summed E-state index contributed by atoms with van der Waals surface area (Å²) in [5.41, 5.74) is 0.891. The predicted octanol–water partition coefficient (Wildman–Crippen LogP) is 1.76. The first kappa shape index (κ1) is 20.4. The van der Waals surface area contributed by atoms with Crippen LogP contribution in [0, 0.1) is 0 Å². The Labute approximate surface area is 162 Å². The molecular weight excluding hydrogens is 392 g/mol. The van der Waals surface area contributed by atoms with Crippen LogP contribution >= 0.6 is 0 Å². The molecule has 0 bridgehead atoms. The van der Waals surface area contributed by atoms with Gasteiger partial charge in [0.25, 0.3) is 5.82 Å². The third-order valence-electron chi connectivity index (χ3n) is 4.36. The van der Waals surface area contributed by atoms with Crippen LogP contribution in [0.5, 0.6) is 5.75 Å². The van der Waals surface area contributed by atoms with E-state index in [0.717, 1.165) is 5.56 Å². The van der Waals surface area contributed by atoms with Crippen LogP contribution < -0.4 is 14.6 Å². The Morgan fingerprint density at radius 1 is 1.18 bits per heavy atom. The maximum Gasteiger partial charge on any atom is 0.387 e. The van der Waals surface area contributed by atoms with E-state index in [-0.39, 0.29) is 10.6 Å². The summed E-state index contributed by atoms with van der Waals surface area (Å²) in [5, 5.41) is 0. The number of benzene rings is 1. The van der Waals surface area contributed by atoms with Crippen molar-refractivity contribution in [2.75, 3.05) is 38.3 Å². The van der Waals surface area contributed by atoms with Gasteiger partial charge < -0.3 is 9.47 Å². The fraction of sp³-hybridized carbons (Fsp3) is 0.389. The van der Waals surface area contributed by atoms with Gasteiger partial charge in [-0.2, -0.15) is 13.1 Å². The lowest BCUT2D eigenvalue weighted by atomic mass is 10.2. The molecule has 1 N–H and O–H groups in total. The maximum atomic E-state index is 12.6. The SMILES string of the molecule is CN(Cc1ccc(OC(F)F)cc1)c1ccc(S(=O)(=O)N2CCOCC2)c[nH+]1. The van der Waals surface area contributed by atoms with Gasteiger partial charge in [-0.3, -0.25) is 4.90 Å². The van der Waals surface area contributed by atoms with Crippen LogP contribution in [0.25, 0.3) is 0 Å². The van der Waals surface area contributed by atoms with Gasteiger partial charge in [-0.15, -0.1) is 0 Å². The van der Waals surface area contributed by atoms with E-state index in [4.69, 9.17) is 4.74 Å². The average molecular weight is 414 g/mol. The van der Waals surface area contributed by atoms with Crippen molar-refractivity contribution in [2.45, 2.75) is 18.1 Å². The number of ether oxygens (including phenoxy) is 2. The van der Waals surface area contributed by atoms with Gasteiger partial charge >= 0.3 is 6.61 Å². The van der Waals surface area contributed by atoms with Crippen LogP contribution in [-0.2, 0) is 21.3 Å². The van der Waals surface area contributed by atoms with Gasteiger partial charge in [-0.1, -0.05) is 12.1 Å². The summed E-state index contributed by atoms with van der Waals surface area (Å²) in [6.07, 6.45) is 1.47. The summed E-state index contributed by atoms with van der Waals surface area (Å²) >= 11 is 0. The van der Waals surface area contributed by atoms with Gasteiger partial charge in [0.2, 0.25) is 10.0 Å². The van der Waals surface area contributed by atoms with Gasteiger partial charge in [0.15, 0.2) is 0 Å². The number of aromatic amines is 1. The first-order valence-corrected chi connectivity index (χ1v) is 10.1. The number of hydrogen-bond acceptors (Lipinski definition) is 5. The number of morpholine rings is 1. The van der Waals surface area contributed by atoms with E-state index in [1.807, 2.05) is 11.9 Å². The van der Waals surface area contributed by atoms with Crippen molar-refractivity contribution in [3.8, 4) is 5.75 Å². The molecule has 1 aromatic carbocycles. The molecule has 28 heavy (non-hydrogen) atoms. The Kier molecular flexibility index (Phi) is 6.42. The summed E-state index contributed by atoms with van der Waals surface area (Å²) in [6.45, 7) is -0.878. The summed E-state index contributed by atoms with van der Waals surface area (Å²) < 4.78 is 60.6. The number of pyridine rings is 1. The average Bonchev–Trinajstić information content (AvgIpc) is 2.70. The number of rotatable bonds is 7. The molecule has 152 valence electrons. The molecule has 0 radical (unpaired) electrons. The third kappa shape index (κ3) is 4.94. The van der Waals surface area contributed by atoms with Crippen LogP contribution in [0.2, 0.25) is 0 Å². The minimum absolute atomic E-state index is 0.102. The zero-order valence-electron chi connectivity index (χ0n) is 15.3. The monoisotopic (exact) mass is 414 g/mol. The van der Waals surface area contributed by atoms with E-state index in [1.165, 1.54) is 22.6 Å². The maximum absolute atomic E-state index is 12.6. The Bertz CT molecular complexity index is 871. The summed E-state index contributed by atoms with van der Waals surface area (Å²) in [5.74, 6) is 0.819. The van der Waals surface area contributed by atoms with Gasteiger partial charge in [-0.25, -0.2) is 13.4 Å². The molecule has 3 rings (SSSR count). The number of alkyl halides is 2. The van der Waals surface area contributed by atoms with Crippen molar-refractivity contribution in [1.29, 1.82) is 0 Å². The number of sulfonamides is 1. The summed E-state index contributed by atoms with van der Waals surface area (Å²) in [6, 6.07) is 9.62. The third-order valence-corrected chi connectivity index (χ3v) is 6.25. The molecule has 1 aliphatic heterocycles. The molecule has 1 fully saturated rings. The van der Waals surface area contributed by atoms with Crippen LogP contribution in [0.1, 0.15) is 5.56 Å². The van der Waals surface area contributed by atoms with Crippen molar-refractivity contribution in [2.24, 2.45) is 0 Å². The molecule has 7 nitrogen and oxygen atoms in total. The lowest BCUT2D eigenvalue weighted by Crippen LogP contribution is -2.41. The minimum atomic E-state index is -3.55. The highest BCUT2D eigenvalue weighted by atomic mass is 32.2. The summed E-state index contributed by atoms with van der Waals surface area (Å²) in [4.78, 5) is 5.08. The molecule has 0 aliphatic carbocycles. The fourth-order valence-corrected chi connectivity index (χ4v) is 4.25. The fourth-order valence-electron chi connectivity index (χ4n) is 2.87. The molecule has 10 heteroatoms. The number of anilines is 1. The zero-order valence-corrected chi connectivity index (χ0v) is 16.2. The van der Waals surface area contributed by atoms with Crippen molar-refractivity contribution < 1.29 is 31.7 Å². The van der Waals surface area contributed by atoms with Gasteiger partial charge in [-0.05, 0) is 23.8 Å². The van der Waals surface area contributed by atoms with Crippen LogP contribution in [0.3, 0.4) is 0 Å². The highest BCUT2D eigenvalue weighted by Gasteiger charge is 2.27. The predicted molar refractivity (Wildman–Crippen MR) is 97.8 cm³/mol. The van der Waals surface area contributed by atoms with Crippen molar-refractivity contribution in [3.63, 3.8) is 0 Å². The Morgan fingerprint density at radius 3 is 2.43 bits per heavy atom. The number of hydrogen-bond donors (Lipinski definition) is 0. The molecular formula is C18H22F2N3O4S+. The van der Waals surface area contributed by atoms with Crippen LogP contribution in [-0.4, -0.2) is 52.7 Å². The van der Waals surface area contributed by atoms with E-state index in [1.54, 1.807) is 24.3 Å². The minimum Gasteiger partial charge on any atom is -0.435 e. The zero-order chi connectivity index (χ0) is 20.1. The first-order chi connectivity index (χ1) is 13.4. The number of aromatic nitrogens is 1. The quantitative estimate of drug-likeness (QED) is 0.690. The standard InChI is InChI=1S/C18H21F2N3O4S/c1-22(13-14-2-4-15(5-3-14)27-18(19)20)17-7-6-16(12-21-17)28(24,25)23-8-10-26-11-9-23/h2-7,12,18H,8-11,13H2,1H3/p+1. The lowest BCUT2D eigenvalue weighted by Gasteiger charge is -2.25. The molecule has 0 unspecified atom stereocenters. The van der Waals surface area contributed by atoms with Gasteiger partial charge in [0.05, 0.1) is 20.3 Å². The lowest BCUT2D eigenvalue weighted by molar-refractivity contribution is -0.367. The second-order valence-corrected chi connectivity index (χ2v) is 8.24. The topological polar surface area (TPSA) is 73.2 Å². The molecule has 2 aromatic rings. The number of halogens is 2. The largest absolute Gasteiger partial charge is 0.435 e. The van der Waals surface area contributed by atoms with Gasteiger partial charge in [0.1, 0.15) is 23.4 Å². The summed E-state index contributed by atoms with van der Waals surface area (Å²) in [7, 11) is -1.71. The van der Waals surface area contributed by atoms with Gasteiger partial charge in [0, 0.05) is 19.2 Å². The second kappa shape index (κ2) is 8.80. The molecule has 0 spiro atoms. The van der Waals surface area contributed by atoms with E-state index in [2.05, 4.69) is 9.72 Å². The number of nitrogens with zero attached hydrogens (tertiary/aromatic N) is 2.